The molecule has 2 heterocycles. The third-order valence-corrected chi connectivity index (χ3v) is 3.67. The molecule has 20 heavy (non-hydrogen) atoms. The zero-order chi connectivity index (χ0) is 13.9. The minimum atomic E-state index is 0.238. The molecule has 6 heteroatoms. The van der Waals surface area contributed by atoms with Crippen molar-refractivity contribution in [1.82, 2.24) is 19.9 Å². The summed E-state index contributed by atoms with van der Waals surface area (Å²) in [5.74, 6) is 1.48. The highest BCUT2D eigenvalue weighted by Crippen LogP contribution is 2.17. The van der Waals surface area contributed by atoms with Crippen LogP contribution >= 0.6 is 11.3 Å². The van der Waals surface area contributed by atoms with Crippen LogP contribution in [0.3, 0.4) is 0 Å². The molecule has 0 fully saturated rings. The SMILES string of the molecule is Cc1csc(Cc2nc(N)nc(-c3ccccc3)n2)n1. The van der Waals surface area contributed by atoms with Crippen LogP contribution in [-0.2, 0) is 6.42 Å². The van der Waals surface area contributed by atoms with E-state index in [-0.39, 0.29) is 5.95 Å². The average molecular weight is 283 g/mol. The molecular weight excluding hydrogens is 270 g/mol. The molecule has 2 aromatic heterocycles. The first-order valence-corrected chi connectivity index (χ1v) is 7.05. The van der Waals surface area contributed by atoms with E-state index in [4.69, 9.17) is 5.73 Å². The summed E-state index contributed by atoms with van der Waals surface area (Å²) in [6.45, 7) is 1.97. The van der Waals surface area contributed by atoms with Crippen LogP contribution in [0.1, 0.15) is 16.5 Å². The van der Waals surface area contributed by atoms with Gasteiger partial charge in [-0.3, -0.25) is 0 Å². The number of rotatable bonds is 3. The van der Waals surface area contributed by atoms with E-state index in [1.165, 1.54) is 0 Å². The second-order valence-electron chi connectivity index (χ2n) is 4.36. The third-order valence-electron chi connectivity index (χ3n) is 2.71. The van der Waals surface area contributed by atoms with E-state index in [0.29, 0.717) is 18.1 Å². The maximum absolute atomic E-state index is 5.78. The zero-order valence-electron chi connectivity index (χ0n) is 10.9. The van der Waals surface area contributed by atoms with Crippen molar-refractivity contribution in [2.24, 2.45) is 0 Å². The maximum Gasteiger partial charge on any atom is 0.223 e. The van der Waals surface area contributed by atoms with E-state index < -0.39 is 0 Å². The van der Waals surface area contributed by atoms with Crippen molar-refractivity contribution >= 4 is 17.3 Å². The van der Waals surface area contributed by atoms with Gasteiger partial charge in [-0.1, -0.05) is 30.3 Å². The van der Waals surface area contributed by atoms with E-state index in [0.717, 1.165) is 16.3 Å². The fraction of sp³-hybridized carbons (Fsp3) is 0.143. The standard InChI is InChI=1S/C14H13N5S/c1-9-8-20-12(16-9)7-11-17-13(19-14(15)18-11)10-5-3-2-4-6-10/h2-6,8H,7H2,1H3,(H2,15,17,18,19). The molecule has 0 saturated heterocycles. The van der Waals surface area contributed by atoms with Gasteiger partial charge in [-0.15, -0.1) is 11.3 Å². The number of hydrogen-bond donors (Lipinski definition) is 1. The Morgan fingerprint density at radius 1 is 1.05 bits per heavy atom. The van der Waals surface area contributed by atoms with Gasteiger partial charge in [-0.05, 0) is 6.92 Å². The average Bonchev–Trinajstić information content (AvgIpc) is 2.84. The van der Waals surface area contributed by atoms with Crippen molar-refractivity contribution in [3.63, 3.8) is 0 Å². The van der Waals surface area contributed by atoms with Crippen LogP contribution in [0.5, 0.6) is 0 Å². The van der Waals surface area contributed by atoms with Crippen LogP contribution in [0.4, 0.5) is 5.95 Å². The Labute approximate surface area is 120 Å². The normalized spacial score (nSPS) is 10.7. The van der Waals surface area contributed by atoms with Crippen molar-refractivity contribution in [3.05, 3.63) is 52.2 Å². The quantitative estimate of drug-likeness (QED) is 0.799. The van der Waals surface area contributed by atoms with Crippen molar-refractivity contribution in [2.45, 2.75) is 13.3 Å². The monoisotopic (exact) mass is 283 g/mol. The lowest BCUT2D eigenvalue weighted by molar-refractivity contribution is 0.925. The van der Waals surface area contributed by atoms with Crippen molar-refractivity contribution in [1.29, 1.82) is 0 Å². The predicted molar refractivity (Wildman–Crippen MR) is 79.3 cm³/mol. The summed E-state index contributed by atoms with van der Waals surface area (Å²) in [6, 6.07) is 9.74. The van der Waals surface area contributed by atoms with E-state index in [9.17, 15) is 0 Å². The van der Waals surface area contributed by atoms with E-state index in [2.05, 4.69) is 19.9 Å². The Hall–Kier alpha value is -2.34. The van der Waals surface area contributed by atoms with E-state index >= 15 is 0 Å². The highest BCUT2D eigenvalue weighted by molar-refractivity contribution is 7.09. The van der Waals surface area contributed by atoms with Gasteiger partial charge in [0, 0.05) is 16.6 Å². The van der Waals surface area contributed by atoms with Crippen LogP contribution < -0.4 is 5.73 Å². The number of aromatic nitrogens is 4. The van der Waals surface area contributed by atoms with Gasteiger partial charge in [0.05, 0.1) is 6.42 Å². The maximum atomic E-state index is 5.78. The Morgan fingerprint density at radius 3 is 2.55 bits per heavy atom. The van der Waals surface area contributed by atoms with Gasteiger partial charge in [0.15, 0.2) is 5.82 Å². The van der Waals surface area contributed by atoms with Gasteiger partial charge < -0.3 is 5.73 Å². The van der Waals surface area contributed by atoms with Crippen LogP contribution in [-0.4, -0.2) is 19.9 Å². The molecule has 0 aliphatic heterocycles. The lowest BCUT2D eigenvalue weighted by Gasteiger charge is -2.03. The molecule has 100 valence electrons. The molecule has 3 rings (SSSR count). The van der Waals surface area contributed by atoms with Crippen LogP contribution in [0.25, 0.3) is 11.4 Å². The Bertz CT molecular complexity index is 723. The highest BCUT2D eigenvalue weighted by Gasteiger charge is 2.09. The van der Waals surface area contributed by atoms with E-state index in [1.807, 2.05) is 42.6 Å². The lowest BCUT2D eigenvalue weighted by Crippen LogP contribution is -2.05. The minimum absolute atomic E-state index is 0.238. The molecule has 0 saturated carbocycles. The van der Waals surface area contributed by atoms with Crippen LogP contribution in [0, 0.1) is 6.92 Å². The Balaban J connectivity index is 1.94. The van der Waals surface area contributed by atoms with Gasteiger partial charge in [0.1, 0.15) is 10.8 Å². The Kier molecular flexibility index (Phi) is 3.39. The molecule has 1 aromatic carbocycles. The molecule has 3 aromatic rings. The molecule has 0 aliphatic rings. The largest absolute Gasteiger partial charge is 0.368 e. The number of nitrogen functional groups attached to an aromatic ring is 1. The van der Waals surface area contributed by atoms with Gasteiger partial charge in [-0.2, -0.15) is 9.97 Å². The first kappa shape index (κ1) is 12.7. The molecular formula is C14H13N5S. The van der Waals surface area contributed by atoms with Gasteiger partial charge in [0.25, 0.3) is 0 Å². The summed E-state index contributed by atoms with van der Waals surface area (Å²) in [6.07, 6.45) is 0.574. The molecule has 0 bridgehead atoms. The second kappa shape index (κ2) is 5.34. The second-order valence-corrected chi connectivity index (χ2v) is 5.30. The number of thiazole rings is 1. The van der Waals surface area contributed by atoms with Crippen molar-refractivity contribution in [3.8, 4) is 11.4 Å². The van der Waals surface area contributed by atoms with Gasteiger partial charge in [-0.25, -0.2) is 9.97 Å². The topological polar surface area (TPSA) is 77.6 Å². The number of nitrogens with two attached hydrogens (primary N) is 1. The molecule has 0 spiro atoms. The highest BCUT2D eigenvalue weighted by atomic mass is 32.1. The number of aryl methyl sites for hydroxylation is 1. The lowest BCUT2D eigenvalue weighted by atomic mass is 10.2. The molecule has 0 radical (unpaired) electrons. The number of nitrogens with zero attached hydrogens (tertiary/aromatic N) is 4. The third kappa shape index (κ3) is 2.80. The molecule has 0 aliphatic carbocycles. The van der Waals surface area contributed by atoms with Crippen LogP contribution in [0.2, 0.25) is 0 Å². The van der Waals surface area contributed by atoms with Crippen molar-refractivity contribution < 1.29 is 0 Å². The van der Waals surface area contributed by atoms with Crippen molar-refractivity contribution in [2.75, 3.05) is 5.73 Å². The minimum Gasteiger partial charge on any atom is -0.368 e. The summed E-state index contributed by atoms with van der Waals surface area (Å²) >= 11 is 1.60. The van der Waals surface area contributed by atoms with E-state index in [1.54, 1.807) is 11.3 Å². The zero-order valence-corrected chi connectivity index (χ0v) is 11.8. The molecule has 0 unspecified atom stereocenters. The Morgan fingerprint density at radius 2 is 1.85 bits per heavy atom. The first-order valence-electron chi connectivity index (χ1n) is 6.17. The summed E-state index contributed by atoms with van der Waals surface area (Å²) < 4.78 is 0. The molecule has 5 nitrogen and oxygen atoms in total. The predicted octanol–water partition coefficient (Wildman–Crippen LogP) is 2.48. The number of benzene rings is 1. The summed E-state index contributed by atoms with van der Waals surface area (Å²) in [7, 11) is 0. The van der Waals surface area contributed by atoms with Crippen LogP contribution in [0.15, 0.2) is 35.7 Å². The van der Waals surface area contributed by atoms with Gasteiger partial charge >= 0.3 is 0 Å². The summed E-state index contributed by atoms with van der Waals surface area (Å²) in [5, 5.41) is 2.99. The fourth-order valence-corrected chi connectivity index (χ4v) is 2.62. The number of anilines is 1. The number of hydrogen-bond acceptors (Lipinski definition) is 6. The first-order chi connectivity index (χ1) is 9.70. The molecule has 0 atom stereocenters. The molecule has 0 amide bonds. The molecule has 2 N–H and O–H groups in total. The smallest absolute Gasteiger partial charge is 0.223 e. The summed E-state index contributed by atoms with van der Waals surface area (Å²) in [4.78, 5) is 17.3. The summed E-state index contributed by atoms with van der Waals surface area (Å²) in [5.41, 5.74) is 7.71. The fourth-order valence-electron chi connectivity index (χ4n) is 1.85. The van der Waals surface area contributed by atoms with Gasteiger partial charge in [0.2, 0.25) is 5.95 Å².